The van der Waals surface area contributed by atoms with Crippen molar-refractivity contribution < 1.29 is 28.7 Å². The number of esters is 2. The monoisotopic (exact) mass is 996 g/mol. The minimum Gasteiger partial charge on any atom is -0.393 e. The van der Waals surface area contributed by atoms with Crippen LogP contribution in [0.5, 0.6) is 0 Å². The number of carbonyl (C=O) groups excluding carboxylic acids is 5. The fourth-order valence-corrected chi connectivity index (χ4v) is 10.9. The summed E-state index contributed by atoms with van der Waals surface area (Å²) in [5.74, 6) is -5.28. The fourth-order valence-electron chi connectivity index (χ4n) is 10.3. The van der Waals surface area contributed by atoms with E-state index < -0.39 is 60.1 Å². The van der Waals surface area contributed by atoms with Crippen molar-refractivity contribution in [2.45, 2.75) is 108 Å². The van der Waals surface area contributed by atoms with Crippen molar-refractivity contribution in [3.63, 3.8) is 0 Å². The van der Waals surface area contributed by atoms with Crippen LogP contribution in [0.3, 0.4) is 0 Å². The maximum absolute atomic E-state index is 15.1. The van der Waals surface area contributed by atoms with Crippen LogP contribution < -0.4 is 5.32 Å². The molecule has 10 nitrogen and oxygen atoms in total. The van der Waals surface area contributed by atoms with Gasteiger partial charge in [-0.3, -0.25) is 29.0 Å². The zero-order chi connectivity index (χ0) is 48.5. The van der Waals surface area contributed by atoms with Gasteiger partial charge in [-0.05, 0) is 128 Å². The highest BCUT2D eigenvalue weighted by atomic mass is 35.5. The van der Waals surface area contributed by atoms with Gasteiger partial charge in [0, 0.05) is 68.2 Å². The van der Waals surface area contributed by atoms with Gasteiger partial charge in [-0.25, -0.2) is 0 Å². The normalized spacial score (nSPS) is 21.5. The molecule has 0 bridgehead atoms. The predicted molar refractivity (Wildman–Crippen MR) is 266 cm³/mol. The van der Waals surface area contributed by atoms with Crippen LogP contribution in [0.1, 0.15) is 118 Å². The summed E-state index contributed by atoms with van der Waals surface area (Å²) in [7, 11) is 0. The van der Waals surface area contributed by atoms with E-state index in [-0.39, 0.29) is 43.0 Å². The fraction of sp³-hybridized carbons (Fsp3) is 0.370. The zero-order valence-corrected chi connectivity index (χ0v) is 41.4. The average molecular weight is 999 g/mol. The Morgan fingerprint density at radius 3 is 1.60 bits per heavy atom. The van der Waals surface area contributed by atoms with Crippen LogP contribution in [0.2, 0.25) is 20.1 Å². The van der Waals surface area contributed by atoms with Crippen molar-refractivity contribution in [1.82, 2.24) is 20.1 Å². The molecular weight excluding hydrogens is 942 g/mol. The van der Waals surface area contributed by atoms with Gasteiger partial charge in [-0.1, -0.05) is 115 Å². The topological polar surface area (TPSA) is 126 Å². The SMILES string of the molecule is CCNC(=O)C(CC)N1C(=O)C(CC(=O)OC(=O)CC2CC(c3cccc(Cl)c3)C(c3ccc(Cl)cc3)N(C(CC)CCc3ccccn3)C2=O)CC(c2cccc(Cl)c2)C1c1ccc(Cl)cc1. The van der Waals surface area contributed by atoms with Gasteiger partial charge in [0.25, 0.3) is 0 Å². The summed E-state index contributed by atoms with van der Waals surface area (Å²) >= 11 is 25.9. The quantitative estimate of drug-likeness (QED) is 0.0726. The highest BCUT2D eigenvalue weighted by Gasteiger charge is 2.49. The van der Waals surface area contributed by atoms with Crippen molar-refractivity contribution in [3.8, 4) is 0 Å². The van der Waals surface area contributed by atoms with E-state index in [1.807, 2.05) is 117 Å². The van der Waals surface area contributed by atoms with Crippen molar-refractivity contribution in [2.75, 3.05) is 6.54 Å². The molecule has 2 fully saturated rings. The summed E-state index contributed by atoms with van der Waals surface area (Å²) in [6.07, 6.45) is 3.57. The number of nitrogens with zero attached hydrogens (tertiary/aromatic N) is 3. The first-order valence-corrected chi connectivity index (χ1v) is 24.9. The number of pyridine rings is 1. The third-order valence-corrected chi connectivity index (χ3v) is 14.4. The Morgan fingerprint density at radius 2 is 1.15 bits per heavy atom. The molecule has 2 saturated heterocycles. The molecule has 1 N–H and O–H groups in total. The largest absolute Gasteiger partial charge is 0.393 e. The molecule has 14 heteroatoms. The number of carbonyl (C=O) groups is 5. The van der Waals surface area contributed by atoms with Gasteiger partial charge < -0.3 is 19.9 Å². The van der Waals surface area contributed by atoms with Gasteiger partial charge in [0.15, 0.2) is 0 Å². The van der Waals surface area contributed by atoms with Crippen LogP contribution in [-0.2, 0) is 35.1 Å². The Morgan fingerprint density at radius 1 is 0.632 bits per heavy atom. The zero-order valence-electron chi connectivity index (χ0n) is 38.3. The lowest BCUT2D eigenvalue weighted by Crippen LogP contribution is -2.56. The summed E-state index contributed by atoms with van der Waals surface area (Å²) in [4.78, 5) is 79.8. The minimum atomic E-state index is -0.963. The molecule has 0 radical (unpaired) electrons. The summed E-state index contributed by atoms with van der Waals surface area (Å²) in [5, 5.41) is 4.98. The molecule has 1 aromatic heterocycles. The first-order valence-electron chi connectivity index (χ1n) is 23.4. The van der Waals surface area contributed by atoms with Crippen LogP contribution in [0, 0.1) is 11.8 Å². The lowest BCUT2D eigenvalue weighted by atomic mass is 9.74. The van der Waals surface area contributed by atoms with Crippen LogP contribution in [0.4, 0.5) is 0 Å². The first-order chi connectivity index (χ1) is 32.8. The Labute approximate surface area is 418 Å². The molecule has 3 heterocycles. The second-order valence-electron chi connectivity index (χ2n) is 17.7. The Bertz CT molecular complexity index is 2560. The molecule has 2 aliphatic heterocycles. The second kappa shape index (κ2) is 23.4. The van der Waals surface area contributed by atoms with E-state index in [0.717, 1.165) is 27.9 Å². The third kappa shape index (κ3) is 11.9. The maximum Gasteiger partial charge on any atom is 0.314 e. The number of aromatic nitrogens is 1. The molecular formula is C54H56Cl4N4O6. The highest BCUT2D eigenvalue weighted by Crippen LogP contribution is 2.50. The van der Waals surface area contributed by atoms with Crippen molar-refractivity contribution in [2.24, 2.45) is 11.8 Å². The van der Waals surface area contributed by atoms with Gasteiger partial charge in [-0.2, -0.15) is 0 Å². The number of benzene rings is 4. The number of halogens is 4. The van der Waals surface area contributed by atoms with E-state index in [9.17, 15) is 19.2 Å². The van der Waals surface area contributed by atoms with E-state index in [0.29, 0.717) is 52.3 Å². The van der Waals surface area contributed by atoms with Crippen molar-refractivity contribution in [1.29, 1.82) is 0 Å². The molecule has 356 valence electrons. The average Bonchev–Trinajstić information content (AvgIpc) is 3.32. The lowest BCUT2D eigenvalue weighted by Gasteiger charge is -2.48. The van der Waals surface area contributed by atoms with Crippen molar-refractivity contribution in [3.05, 3.63) is 169 Å². The minimum absolute atomic E-state index is 0.193. The molecule has 2 aliphatic rings. The number of hydrogen-bond donors (Lipinski definition) is 1. The van der Waals surface area contributed by atoms with Gasteiger partial charge >= 0.3 is 11.9 Å². The Balaban J connectivity index is 1.18. The van der Waals surface area contributed by atoms with Crippen LogP contribution >= 0.6 is 46.4 Å². The standard InChI is InChI=1S/C54H56Cl4N4O6/c1-4-44(25-24-43-15-7-8-26-60-43)61-50(33-16-20-39(55)21-17-33)45(35-11-9-13-41(57)27-35)29-37(53(61)66)31-48(63)68-49(64)32-38-30-46(36-12-10-14-42(58)28-36)51(34-18-22-40(56)23-19-34)62(54(38)67)47(5-2)52(65)59-6-3/h7-23,26-28,37-38,44-47,50-51H,4-6,24-25,29-32H2,1-3H3,(H,59,65). The molecule has 5 aromatic rings. The van der Waals surface area contributed by atoms with Gasteiger partial charge in [0.05, 0.1) is 24.9 Å². The Hall–Kier alpha value is -5.26. The van der Waals surface area contributed by atoms with Crippen LogP contribution in [-0.4, -0.2) is 63.1 Å². The van der Waals surface area contributed by atoms with E-state index >= 15 is 4.79 Å². The number of amides is 3. The number of likely N-dealkylation sites (N-methyl/N-ethyl adjacent to an activating group) is 1. The number of piperidine rings is 2. The summed E-state index contributed by atoms with van der Waals surface area (Å²) in [6.45, 7) is 6.04. The predicted octanol–water partition coefficient (Wildman–Crippen LogP) is 11.9. The van der Waals surface area contributed by atoms with Gasteiger partial charge in [0.2, 0.25) is 17.7 Å². The molecule has 0 saturated carbocycles. The van der Waals surface area contributed by atoms with Crippen LogP contribution in [0.15, 0.2) is 121 Å². The summed E-state index contributed by atoms with van der Waals surface area (Å²) in [6, 6.07) is 33.1. The highest BCUT2D eigenvalue weighted by molar-refractivity contribution is 6.31. The molecule has 0 aliphatic carbocycles. The maximum atomic E-state index is 15.1. The van der Waals surface area contributed by atoms with E-state index in [1.54, 1.807) is 35.4 Å². The van der Waals surface area contributed by atoms with E-state index in [1.165, 1.54) is 0 Å². The lowest BCUT2D eigenvalue weighted by molar-refractivity contribution is -0.166. The molecule has 0 spiro atoms. The third-order valence-electron chi connectivity index (χ3n) is 13.4. The molecule has 4 aromatic carbocycles. The van der Waals surface area contributed by atoms with Crippen molar-refractivity contribution >= 4 is 76.1 Å². The summed E-state index contributed by atoms with van der Waals surface area (Å²) < 4.78 is 5.58. The first kappa shape index (κ1) is 50.6. The Kier molecular flexibility index (Phi) is 17.4. The molecule has 3 amide bonds. The van der Waals surface area contributed by atoms with Crippen LogP contribution in [0.25, 0.3) is 0 Å². The number of rotatable bonds is 17. The molecule has 8 atom stereocenters. The number of likely N-dealkylation sites (tertiary alicyclic amines) is 2. The van der Waals surface area contributed by atoms with E-state index in [4.69, 9.17) is 51.1 Å². The second-order valence-corrected chi connectivity index (χ2v) is 19.4. The number of aryl methyl sites for hydroxylation is 1. The van der Waals surface area contributed by atoms with Gasteiger partial charge in [0.1, 0.15) is 6.04 Å². The molecule has 68 heavy (non-hydrogen) atoms. The number of ether oxygens (including phenoxy) is 1. The molecule has 7 rings (SSSR count). The molecule has 8 unspecified atom stereocenters. The smallest absolute Gasteiger partial charge is 0.314 e. The number of hydrogen-bond acceptors (Lipinski definition) is 7. The van der Waals surface area contributed by atoms with Gasteiger partial charge in [-0.15, -0.1) is 0 Å². The van der Waals surface area contributed by atoms with E-state index in [2.05, 4.69) is 10.3 Å². The summed E-state index contributed by atoms with van der Waals surface area (Å²) in [5.41, 5.74) is 4.25. The number of nitrogens with one attached hydrogen (secondary N) is 1.